The summed E-state index contributed by atoms with van der Waals surface area (Å²) in [6, 6.07) is 0. The van der Waals surface area contributed by atoms with Crippen molar-refractivity contribution in [2.24, 2.45) is 0 Å². The number of allylic oxidation sites excluding steroid dienone is 2. The van der Waals surface area contributed by atoms with Gasteiger partial charge in [0.1, 0.15) is 0 Å². The zero-order valence-corrected chi connectivity index (χ0v) is 7.92. The van der Waals surface area contributed by atoms with Crippen molar-refractivity contribution in [2.75, 3.05) is 0 Å². The van der Waals surface area contributed by atoms with Crippen LogP contribution in [0.2, 0.25) is 0 Å². The third-order valence-corrected chi connectivity index (χ3v) is 0.407. The summed E-state index contributed by atoms with van der Waals surface area (Å²) >= 11 is 0. The first kappa shape index (κ1) is 16.1. The van der Waals surface area contributed by atoms with Crippen LogP contribution in [0.1, 0.15) is 13.8 Å². The molecule has 9 heavy (non-hydrogen) atoms. The van der Waals surface area contributed by atoms with Crippen molar-refractivity contribution in [1.29, 1.82) is 0 Å². The molecule has 0 aliphatic rings. The largest absolute Gasteiger partial charge is 3.00 e. The molecule has 52 valence electrons. The maximum Gasteiger partial charge on any atom is 3.00 e. The number of rotatable bonds is 1. The van der Waals surface area contributed by atoms with Crippen molar-refractivity contribution >= 4 is 5.78 Å². The number of halogens is 1. The van der Waals surface area contributed by atoms with Crippen LogP contribution in [-0.4, -0.2) is 5.78 Å². The van der Waals surface area contributed by atoms with E-state index in [4.69, 9.17) is 0 Å². The summed E-state index contributed by atoms with van der Waals surface area (Å²) in [6.07, 6.45) is 1.06. The number of ketones is 1. The van der Waals surface area contributed by atoms with Crippen LogP contribution in [0.4, 0.5) is 0 Å². The maximum absolute atomic E-state index is 9.98. The molecular formula is C5H7BrMnO2+. The Morgan fingerprint density at radius 3 is 1.78 bits per heavy atom. The van der Waals surface area contributed by atoms with Gasteiger partial charge in [0.25, 0.3) is 0 Å². The van der Waals surface area contributed by atoms with Gasteiger partial charge in [0.15, 0.2) is 5.78 Å². The molecule has 0 saturated heterocycles. The molecule has 0 rings (SSSR count). The van der Waals surface area contributed by atoms with E-state index in [2.05, 4.69) is 0 Å². The molecule has 0 atom stereocenters. The van der Waals surface area contributed by atoms with Crippen molar-refractivity contribution in [3.63, 3.8) is 0 Å². The van der Waals surface area contributed by atoms with Gasteiger partial charge in [-0.25, -0.2) is 0 Å². The van der Waals surface area contributed by atoms with Gasteiger partial charge in [-0.3, -0.25) is 4.79 Å². The van der Waals surface area contributed by atoms with Gasteiger partial charge < -0.3 is 22.1 Å². The average molecular weight is 234 g/mol. The molecule has 0 aromatic heterocycles. The van der Waals surface area contributed by atoms with E-state index in [-0.39, 0.29) is 45.6 Å². The summed E-state index contributed by atoms with van der Waals surface area (Å²) in [5.41, 5.74) is 0. The van der Waals surface area contributed by atoms with Gasteiger partial charge in [-0.05, 0) is 13.0 Å². The molecule has 0 saturated carbocycles. The minimum absolute atomic E-state index is 0. The van der Waals surface area contributed by atoms with Gasteiger partial charge in [0.05, 0.1) is 0 Å². The van der Waals surface area contributed by atoms with Crippen LogP contribution in [0.15, 0.2) is 11.8 Å². The Labute approximate surface area is 75.6 Å². The first-order valence-corrected chi connectivity index (χ1v) is 1.99. The van der Waals surface area contributed by atoms with Crippen LogP contribution >= 0.6 is 0 Å². The van der Waals surface area contributed by atoms with Crippen LogP contribution in [0, 0.1) is 0 Å². The smallest absolute Gasteiger partial charge is 1.00 e. The minimum Gasteiger partial charge on any atom is -1.00 e. The Balaban J connectivity index is -0.000000180. The summed E-state index contributed by atoms with van der Waals surface area (Å²) in [5.74, 6) is -0.375. The van der Waals surface area contributed by atoms with Gasteiger partial charge in [0, 0.05) is 0 Å². The third kappa shape index (κ3) is 17.9. The van der Waals surface area contributed by atoms with E-state index in [0.29, 0.717) is 0 Å². The predicted octanol–water partition coefficient (Wildman–Crippen LogP) is -3.16. The molecule has 0 heterocycles. The zero-order valence-electron chi connectivity index (χ0n) is 5.15. The van der Waals surface area contributed by atoms with E-state index >= 15 is 0 Å². The number of hydrogen-bond donors (Lipinski definition) is 0. The fourth-order valence-corrected chi connectivity index (χ4v) is 0.286. The molecular weight excluding hydrogens is 227 g/mol. The molecule has 0 aliphatic heterocycles. The predicted molar refractivity (Wildman–Crippen MR) is 24.4 cm³/mol. The molecule has 0 radical (unpaired) electrons. The molecule has 0 spiro atoms. The molecule has 0 aliphatic carbocycles. The van der Waals surface area contributed by atoms with E-state index in [1.165, 1.54) is 13.8 Å². The average Bonchev–Trinajstić information content (AvgIpc) is 1.27. The Bertz CT molecular complexity index is 108. The van der Waals surface area contributed by atoms with Gasteiger partial charge >= 0.3 is 17.1 Å². The van der Waals surface area contributed by atoms with E-state index in [9.17, 15) is 9.90 Å². The van der Waals surface area contributed by atoms with Crippen molar-refractivity contribution < 1.29 is 44.0 Å². The second-order valence-electron chi connectivity index (χ2n) is 1.37. The number of hydrogen-bond acceptors (Lipinski definition) is 2. The maximum atomic E-state index is 9.98. The Morgan fingerprint density at radius 2 is 1.78 bits per heavy atom. The quantitative estimate of drug-likeness (QED) is 0.273. The van der Waals surface area contributed by atoms with Gasteiger partial charge in [-0.2, -0.15) is 0 Å². The SMILES string of the molecule is CC(=O)/C=C(/C)[O-].[Br-].[Mn+3]. The second-order valence-corrected chi connectivity index (χ2v) is 1.37. The van der Waals surface area contributed by atoms with Gasteiger partial charge in [0.2, 0.25) is 0 Å². The monoisotopic (exact) mass is 233 g/mol. The summed E-state index contributed by atoms with van der Waals surface area (Å²) in [4.78, 5) is 9.98. The van der Waals surface area contributed by atoms with Crippen molar-refractivity contribution in [3.8, 4) is 0 Å². The molecule has 4 heteroatoms. The standard InChI is InChI=1S/C5H8O2.BrH.Mn/c1-4(6)3-5(2)7;;/h3,6H,1-2H3;1H;/q;;+3/p-2/b4-3-;;. The molecule has 0 fully saturated rings. The third-order valence-electron chi connectivity index (χ3n) is 0.407. The molecule has 0 bridgehead atoms. The zero-order chi connectivity index (χ0) is 5.86. The fourth-order valence-electron chi connectivity index (χ4n) is 0.286. The van der Waals surface area contributed by atoms with Gasteiger partial charge in [-0.1, -0.05) is 6.92 Å². The van der Waals surface area contributed by atoms with Crippen LogP contribution in [-0.2, 0) is 21.9 Å². The van der Waals surface area contributed by atoms with E-state index in [1.54, 1.807) is 0 Å². The Kier molecular flexibility index (Phi) is 14.7. The fraction of sp³-hybridized carbons (Fsp3) is 0.400. The van der Waals surface area contributed by atoms with E-state index in [1.807, 2.05) is 0 Å². The molecule has 0 N–H and O–H groups in total. The summed E-state index contributed by atoms with van der Waals surface area (Å²) < 4.78 is 0. The molecule has 0 aromatic rings. The molecule has 0 aromatic carbocycles. The second kappa shape index (κ2) is 8.21. The van der Waals surface area contributed by atoms with Crippen LogP contribution in [0.25, 0.3) is 0 Å². The van der Waals surface area contributed by atoms with Crippen molar-refractivity contribution in [1.82, 2.24) is 0 Å². The molecule has 0 amide bonds. The van der Waals surface area contributed by atoms with Crippen molar-refractivity contribution in [3.05, 3.63) is 11.8 Å². The molecule has 2 nitrogen and oxygen atoms in total. The van der Waals surface area contributed by atoms with E-state index in [0.717, 1.165) is 6.08 Å². The van der Waals surface area contributed by atoms with E-state index < -0.39 is 0 Å². The van der Waals surface area contributed by atoms with Gasteiger partial charge in [-0.15, -0.1) is 5.76 Å². The number of carbonyl (C=O) groups excluding carboxylic acids is 1. The summed E-state index contributed by atoms with van der Waals surface area (Å²) in [6.45, 7) is 2.70. The first-order chi connectivity index (χ1) is 3.13. The van der Waals surface area contributed by atoms with Crippen LogP contribution < -0.4 is 22.1 Å². The topological polar surface area (TPSA) is 40.1 Å². The minimum atomic E-state index is -0.187. The Hall–Kier alpha value is 0.209. The molecule has 0 unspecified atom stereocenters. The van der Waals surface area contributed by atoms with Crippen molar-refractivity contribution in [2.45, 2.75) is 13.8 Å². The summed E-state index contributed by atoms with van der Waals surface area (Å²) in [7, 11) is 0. The summed E-state index contributed by atoms with van der Waals surface area (Å²) in [5, 5.41) is 9.98. The van der Waals surface area contributed by atoms with Crippen LogP contribution in [0.5, 0.6) is 0 Å². The normalized spacial score (nSPS) is 8.89. The Morgan fingerprint density at radius 1 is 1.44 bits per heavy atom. The first-order valence-electron chi connectivity index (χ1n) is 1.99. The van der Waals surface area contributed by atoms with Crippen LogP contribution in [0.3, 0.4) is 0 Å². The number of carbonyl (C=O) groups is 1.